The van der Waals surface area contributed by atoms with Gasteiger partial charge in [0.25, 0.3) is 0 Å². The molecule has 8 nitrogen and oxygen atoms in total. The molecule has 1 N–H and O–H groups in total. The molecule has 3 rings (SSSR count). The molecule has 2 aromatic heterocycles. The summed E-state index contributed by atoms with van der Waals surface area (Å²) < 4.78 is 12.9. The lowest BCUT2D eigenvalue weighted by atomic mass is 10.2. The van der Waals surface area contributed by atoms with Crippen LogP contribution in [0.2, 0.25) is 0 Å². The van der Waals surface area contributed by atoms with Crippen LogP contribution in [0.15, 0.2) is 28.0 Å². The van der Waals surface area contributed by atoms with Crippen LogP contribution in [0.25, 0.3) is 0 Å². The van der Waals surface area contributed by atoms with Crippen molar-refractivity contribution in [3.63, 3.8) is 0 Å². The number of thioether (sulfide) groups is 1. The van der Waals surface area contributed by atoms with Crippen LogP contribution in [0.5, 0.6) is 0 Å². The highest BCUT2D eigenvalue weighted by atomic mass is 32.2. The van der Waals surface area contributed by atoms with E-state index >= 15 is 0 Å². The molecule has 1 amide bonds. The predicted molar refractivity (Wildman–Crippen MR) is 99.4 cm³/mol. The van der Waals surface area contributed by atoms with Crippen molar-refractivity contribution in [3.8, 4) is 0 Å². The lowest BCUT2D eigenvalue weighted by Gasteiger charge is -2.27. The number of amides is 1. The number of aromatic nitrogens is 3. The van der Waals surface area contributed by atoms with Gasteiger partial charge in [-0.25, -0.2) is 0 Å². The monoisotopic (exact) mass is 379 g/mol. The molecule has 142 valence electrons. The molecule has 2 aromatic rings. The first-order valence-corrected chi connectivity index (χ1v) is 9.80. The van der Waals surface area contributed by atoms with E-state index < -0.39 is 0 Å². The number of carbonyl (C=O) groups excluding carboxylic acids is 1. The van der Waals surface area contributed by atoms with Gasteiger partial charge in [0.1, 0.15) is 5.76 Å². The minimum atomic E-state index is 0.00386. The highest BCUT2D eigenvalue weighted by molar-refractivity contribution is 7.99. The number of furan rings is 1. The lowest BCUT2D eigenvalue weighted by Crippen LogP contribution is -2.38. The Labute approximate surface area is 157 Å². The molecule has 0 atom stereocenters. The average molecular weight is 379 g/mol. The molecule has 0 spiro atoms. The van der Waals surface area contributed by atoms with E-state index in [1.54, 1.807) is 6.26 Å². The smallest absolute Gasteiger partial charge is 0.230 e. The number of nitrogens with zero attached hydrogens (tertiary/aromatic N) is 4. The summed E-state index contributed by atoms with van der Waals surface area (Å²) in [5.74, 6) is 2.36. The first-order chi connectivity index (χ1) is 12.6. The van der Waals surface area contributed by atoms with Crippen LogP contribution < -0.4 is 10.2 Å². The molecule has 0 radical (unpaired) electrons. The third-order valence-corrected chi connectivity index (χ3v) is 4.89. The number of nitrogens with one attached hydrogen (secondary N) is 1. The van der Waals surface area contributed by atoms with Crippen LogP contribution >= 0.6 is 11.8 Å². The van der Waals surface area contributed by atoms with Crippen LogP contribution in [0, 0.1) is 5.92 Å². The largest absolute Gasteiger partial charge is 0.467 e. The van der Waals surface area contributed by atoms with Gasteiger partial charge in [0, 0.05) is 19.6 Å². The summed E-state index contributed by atoms with van der Waals surface area (Å²) in [4.78, 5) is 14.2. The Bertz CT molecular complexity index is 695. The van der Waals surface area contributed by atoms with E-state index in [0.29, 0.717) is 43.1 Å². The van der Waals surface area contributed by atoms with E-state index in [-0.39, 0.29) is 5.91 Å². The molecule has 0 aromatic carbocycles. The Kier molecular flexibility index (Phi) is 6.56. The number of carbonyl (C=O) groups is 1. The van der Waals surface area contributed by atoms with Crippen molar-refractivity contribution in [3.05, 3.63) is 24.2 Å². The van der Waals surface area contributed by atoms with E-state index in [9.17, 15) is 4.79 Å². The van der Waals surface area contributed by atoms with Gasteiger partial charge in [-0.15, -0.1) is 10.2 Å². The summed E-state index contributed by atoms with van der Waals surface area (Å²) in [6.45, 7) is 8.25. The van der Waals surface area contributed by atoms with Gasteiger partial charge in [0.15, 0.2) is 5.16 Å². The highest BCUT2D eigenvalue weighted by Gasteiger charge is 2.22. The third-order valence-electron chi connectivity index (χ3n) is 3.93. The van der Waals surface area contributed by atoms with Crippen molar-refractivity contribution in [2.75, 3.05) is 43.5 Å². The van der Waals surface area contributed by atoms with Crippen molar-refractivity contribution < 1.29 is 13.9 Å². The second-order valence-corrected chi connectivity index (χ2v) is 7.48. The minimum Gasteiger partial charge on any atom is -0.467 e. The van der Waals surface area contributed by atoms with Gasteiger partial charge in [0.2, 0.25) is 11.9 Å². The minimum absolute atomic E-state index is 0.00386. The van der Waals surface area contributed by atoms with Crippen LogP contribution in [0.1, 0.15) is 19.6 Å². The van der Waals surface area contributed by atoms with E-state index in [4.69, 9.17) is 9.15 Å². The van der Waals surface area contributed by atoms with Gasteiger partial charge in [-0.1, -0.05) is 25.6 Å². The molecule has 3 heterocycles. The number of morpholine rings is 1. The number of anilines is 1. The van der Waals surface area contributed by atoms with Crippen molar-refractivity contribution in [1.29, 1.82) is 0 Å². The Morgan fingerprint density at radius 3 is 2.85 bits per heavy atom. The molecule has 1 aliphatic rings. The number of hydrogen-bond donors (Lipinski definition) is 1. The summed E-state index contributed by atoms with van der Waals surface area (Å²) in [6, 6.07) is 3.78. The predicted octanol–water partition coefficient (Wildman–Crippen LogP) is 1.62. The van der Waals surface area contributed by atoms with Crippen molar-refractivity contribution in [2.24, 2.45) is 5.92 Å². The summed E-state index contributed by atoms with van der Waals surface area (Å²) in [5.41, 5.74) is 0. The second kappa shape index (κ2) is 9.09. The van der Waals surface area contributed by atoms with Gasteiger partial charge in [-0.3, -0.25) is 9.36 Å². The van der Waals surface area contributed by atoms with Crippen LogP contribution in [-0.4, -0.2) is 59.3 Å². The first-order valence-electron chi connectivity index (χ1n) is 8.81. The zero-order valence-electron chi connectivity index (χ0n) is 15.2. The Morgan fingerprint density at radius 1 is 1.35 bits per heavy atom. The zero-order chi connectivity index (χ0) is 18.4. The SMILES string of the molecule is CC(C)CNC(=O)CSc1nnc(N2CCOCC2)n1Cc1ccco1. The third kappa shape index (κ3) is 5.01. The molecule has 26 heavy (non-hydrogen) atoms. The maximum absolute atomic E-state index is 12.0. The van der Waals surface area contributed by atoms with E-state index in [1.165, 1.54) is 11.8 Å². The van der Waals surface area contributed by atoms with Gasteiger partial charge in [-0.2, -0.15) is 0 Å². The van der Waals surface area contributed by atoms with Gasteiger partial charge >= 0.3 is 0 Å². The highest BCUT2D eigenvalue weighted by Crippen LogP contribution is 2.24. The summed E-state index contributed by atoms with van der Waals surface area (Å²) >= 11 is 1.39. The maximum Gasteiger partial charge on any atom is 0.230 e. The Hall–Kier alpha value is -2.00. The van der Waals surface area contributed by atoms with Gasteiger partial charge in [-0.05, 0) is 18.1 Å². The summed E-state index contributed by atoms with van der Waals surface area (Å²) in [6.07, 6.45) is 1.65. The summed E-state index contributed by atoms with van der Waals surface area (Å²) in [7, 11) is 0. The van der Waals surface area contributed by atoms with Crippen LogP contribution in [-0.2, 0) is 16.1 Å². The van der Waals surface area contributed by atoms with E-state index in [1.807, 2.05) is 16.7 Å². The van der Waals surface area contributed by atoms with E-state index in [0.717, 1.165) is 24.8 Å². The maximum atomic E-state index is 12.0. The quantitative estimate of drug-likeness (QED) is 0.698. The standard InChI is InChI=1S/C17H25N5O3S/c1-13(2)10-18-15(23)12-26-17-20-19-16(21-5-8-24-9-6-21)22(17)11-14-4-3-7-25-14/h3-4,7,13H,5-6,8-12H2,1-2H3,(H,18,23). The molecule has 0 aliphatic carbocycles. The van der Waals surface area contributed by atoms with Crippen LogP contribution in [0.3, 0.4) is 0 Å². The fourth-order valence-corrected chi connectivity index (χ4v) is 3.34. The topological polar surface area (TPSA) is 85.4 Å². The summed E-state index contributed by atoms with van der Waals surface area (Å²) in [5, 5.41) is 12.3. The van der Waals surface area contributed by atoms with Crippen molar-refractivity contribution >= 4 is 23.6 Å². The number of hydrogen-bond acceptors (Lipinski definition) is 7. The number of rotatable bonds is 8. The second-order valence-electron chi connectivity index (χ2n) is 6.53. The lowest BCUT2D eigenvalue weighted by molar-refractivity contribution is -0.118. The Morgan fingerprint density at radius 2 is 2.15 bits per heavy atom. The molecule has 0 bridgehead atoms. The molecule has 1 saturated heterocycles. The molecular weight excluding hydrogens is 354 g/mol. The molecule has 0 saturated carbocycles. The fraction of sp³-hybridized carbons (Fsp3) is 0.588. The molecular formula is C17H25N5O3S. The number of ether oxygens (including phenoxy) is 1. The van der Waals surface area contributed by atoms with Crippen molar-refractivity contribution in [2.45, 2.75) is 25.5 Å². The van der Waals surface area contributed by atoms with Gasteiger partial charge < -0.3 is 19.4 Å². The van der Waals surface area contributed by atoms with E-state index in [2.05, 4.69) is 34.3 Å². The van der Waals surface area contributed by atoms with Crippen LogP contribution in [0.4, 0.5) is 5.95 Å². The van der Waals surface area contributed by atoms with Gasteiger partial charge in [0.05, 0.1) is 31.8 Å². The molecule has 9 heteroatoms. The first kappa shape index (κ1) is 18.8. The Balaban J connectivity index is 1.71. The zero-order valence-corrected chi connectivity index (χ0v) is 16.0. The molecule has 1 aliphatic heterocycles. The molecule has 1 fully saturated rings. The fourth-order valence-electron chi connectivity index (χ4n) is 2.58. The normalized spacial score (nSPS) is 14.8. The average Bonchev–Trinajstić information content (AvgIpc) is 3.29. The molecule has 0 unspecified atom stereocenters. The van der Waals surface area contributed by atoms with Crippen molar-refractivity contribution in [1.82, 2.24) is 20.1 Å².